The van der Waals surface area contributed by atoms with Crippen molar-refractivity contribution in [1.82, 2.24) is 0 Å². The molecule has 0 aliphatic heterocycles. The van der Waals surface area contributed by atoms with Crippen LogP contribution >= 0.6 is 27.5 Å². The molecule has 1 aromatic rings. The molecule has 0 fully saturated rings. The number of alkyl halides is 1. The summed E-state index contributed by atoms with van der Waals surface area (Å²) in [5.41, 5.74) is 2.46. The number of halogens is 2. The molecule has 1 aromatic carbocycles. The monoisotopic (exact) mass is 276 g/mol. The lowest BCUT2D eigenvalue weighted by Gasteiger charge is -2.07. The average Bonchev–Trinajstić information content (AvgIpc) is 2.20. The number of benzene rings is 1. The van der Waals surface area contributed by atoms with E-state index in [0.717, 1.165) is 11.1 Å². The Kier molecular flexibility index (Phi) is 3.96. The number of esters is 1. The van der Waals surface area contributed by atoms with Gasteiger partial charge in [0, 0.05) is 10.4 Å². The van der Waals surface area contributed by atoms with Gasteiger partial charge in [-0.2, -0.15) is 0 Å². The van der Waals surface area contributed by atoms with E-state index in [-0.39, 0.29) is 5.97 Å². The third kappa shape index (κ3) is 2.28. The summed E-state index contributed by atoms with van der Waals surface area (Å²) in [7, 11) is 1.35. The molecule has 0 aliphatic carbocycles. The zero-order chi connectivity index (χ0) is 10.7. The van der Waals surface area contributed by atoms with Crippen LogP contribution in [0.3, 0.4) is 0 Å². The highest BCUT2D eigenvalue weighted by Crippen LogP contribution is 2.23. The predicted molar refractivity (Wildman–Crippen MR) is 60.2 cm³/mol. The van der Waals surface area contributed by atoms with E-state index < -0.39 is 0 Å². The van der Waals surface area contributed by atoms with Gasteiger partial charge in [0.05, 0.1) is 12.7 Å². The van der Waals surface area contributed by atoms with Gasteiger partial charge >= 0.3 is 5.97 Å². The SMILES string of the molecule is COC(=O)c1cc(Cl)c(C)c(CBr)c1. The minimum Gasteiger partial charge on any atom is -0.465 e. The van der Waals surface area contributed by atoms with Crippen LogP contribution in [-0.2, 0) is 10.1 Å². The molecule has 1 rings (SSSR count). The van der Waals surface area contributed by atoms with Crippen molar-refractivity contribution in [3.05, 3.63) is 33.8 Å². The number of hydrogen-bond donors (Lipinski definition) is 0. The van der Waals surface area contributed by atoms with E-state index in [4.69, 9.17) is 11.6 Å². The Balaban J connectivity index is 3.22. The van der Waals surface area contributed by atoms with Crippen LogP contribution in [0, 0.1) is 6.92 Å². The number of ether oxygens (including phenoxy) is 1. The molecular formula is C10H10BrClO2. The van der Waals surface area contributed by atoms with Gasteiger partial charge in [-0.05, 0) is 30.2 Å². The van der Waals surface area contributed by atoms with Crippen molar-refractivity contribution in [2.45, 2.75) is 12.3 Å². The molecule has 0 spiro atoms. The summed E-state index contributed by atoms with van der Waals surface area (Å²) in [5.74, 6) is -0.367. The van der Waals surface area contributed by atoms with Crippen molar-refractivity contribution in [3.8, 4) is 0 Å². The molecule has 0 atom stereocenters. The molecule has 0 bridgehead atoms. The summed E-state index contributed by atoms with van der Waals surface area (Å²) in [6, 6.07) is 3.40. The van der Waals surface area contributed by atoms with Crippen molar-refractivity contribution in [2.75, 3.05) is 7.11 Å². The molecule has 0 aromatic heterocycles. The Hall–Kier alpha value is -0.540. The lowest BCUT2D eigenvalue weighted by molar-refractivity contribution is 0.0600. The Labute approximate surface area is 96.3 Å². The first kappa shape index (κ1) is 11.5. The van der Waals surface area contributed by atoms with Crippen LogP contribution in [0.5, 0.6) is 0 Å². The van der Waals surface area contributed by atoms with E-state index in [1.165, 1.54) is 7.11 Å². The lowest BCUT2D eigenvalue weighted by atomic mass is 10.1. The highest BCUT2D eigenvalue weighted by atomic mass is 79.9. The van der Waals surface area contributed by atoms with Crippen LogP contribution in [-0.4, -0.2) is 13.1 Å². The van der Waals surface area contributed by atoms with Gasteiger partial charge in [0.1, 0.15) is 0 Å². The van der Waals surface area contributed by atoms with Crippen molar-refractivity contribution in [2.24, 2.45) is 0 Å². The van der Waals surface area contributed by atoms with Crippen LogP contribution in [0.2, 0.25) is 5.02 Å². The molecule has 4 heteroatoms. The van der Waals surface area contributed by atoms with Crippen molar-refractivity contribution in [1.29, 1.82) is 0 Å². The standard InChI is InChI=1S/C10H10BrClO2/c1-6-8(5-11)3-7(4-9(6)12)10(13)14-2/h3-4H,5H2,1-2H3. The molecule has 0 unspecified atom stereocenters. The first-order valence-electron chi connectivity index (χ1n) is 4.03. The van der Waals surface area contributed by atoms with E-state index in [1.807, 2.05) is 6.92 Å². The number of carbonyl (C=O) groups excluding carboxylic acids is 1. The van der Waals surface area contributed by atoms with E-state index in [9.17, 15) is 4.79 Å². The van der Waals surface area contributed by atoms with Crippen LogP contribution in [0.15, 0.2) is 12.1 Å². The summed E-state index contributed by atoms with van der Waals surface area (Å²) >= 11 is 9.31. The van der Waals surface area contributed by atoms with Crippen LogP contribution in [0.1, 0.15) is 21.5 Å². The third-order valence-electron chi connectivity index (χ3n) is 2.02. The summed E-state index contributed by atoms with van der Waals surface area (Å²) in [5, 5.41) is 1.26. The van der Waals surface area contributed by atoms with Gasteiger partial charge in [-0.25, -0.2) is 4.79 Å². The van der Waals surface area contributed by atoms with Gasteiger partial charge in [0.2, 0.25) is 0 Å². The van der Waals surface area contributed by atoms with Gasteiger partial charge in [0.25, 0.3) is 0 Å². The van der Waals surface area contributed by atoms with Crippen molar-refractivity contribution < 1.29 is 9.53 Å². The molecule has 0 saturated heterocycles. The van der Waals surface area contributed by atoms with Gasteiger partial charge in [-0.15, -0.1) is 0 Å². The molecule has 0 aliphatic rings. The summed E-state index contributed by atoms with van der Waals surface area (Å²) in [4.78, 5) is 11.2. The Morgan fingerprint density at radius 2 is 2.21 bits per heavy atom. The topological polar surface area (TPSA) is 26.3 Å². The number of rotatable bonds is 2. The molecule has 14 heavy (non-hydrogen) atoms. The molecule has 0 saturated carbocycles. The summed E-state index contributed by atoms with van der Waals surface area (Å²) in [6.45, 7) is 1.92. The smallest absolute Gasteiger partial charge is 0.337 e. The first-order valence-corrected chi connectivity index (χ1v) is 5.53. The minimum absolute atomic E-state index is 0.367. The minimum atomic E-state index is -0.367. The van der Waals surface area contributed by atoms with Gasteiger partial charge < -0.3 is 4.74 Å². The van der Waals surface area contributed by atoms with E-state index >= 15 is 0 Å². The second-order valence-electron chi connectivity index (χ2n) is 2.87. The van der Waals surface area contributed by atoms with Crippen molar-refractivity contribution in [3.63, 3.8) is 0 Å². The molecule has 2 nitrogen and oxygen atoms in total. The second-order valence-corrected chi connectivity index (χ2v) is 3.84. The first-order chi connectivity index (χ1) is 6.60. The molecule has 0 radical (unpaired) electrons. The highest BCUT2D eigenvalue weighted by Gasteiger charge is 2.10. The zero-order valence-corrected chi connectivity index (χ0v) is 10.3. The Morgan fingerprint density at radius 3 is 2.71 bits per heavy atom. The second kappa shape index (κ2) is 4.80. The maximum absolute atomic E-state index is 11.2. The van der Waals surface area contributed by atoms with Gasteiger partial charge in [-0.3, -0.25) is 0 Å². The fraction of sp³-hybridized carbons (Fsp3) is 0.300. The fourth-order valence-electron chi connectivity index (χ4n) is 1.11. The largest absolute Gasteiger partial charge is 0.465 e. The van der Waals surface area contributed by atoms with Gasteiger partial charge in [0.15, 0.2) is 0 Å². The maximum Gasteiger partial charge on any atom is 0.337 e. The molecular weight excluding hydrogens is 267 g/mol. The lowest BCUT2D eigenvalue weighted by Crippen LogP contribution is -2.02. The molecule has 0 N–H and O–H groups in total. The molecule has 0 amide bonds. The van der Waals surface area contributed by atoms with Crippen LogP contribution in [0.4, 0.5) is 0 Å². The number of methoxy groups -OCH3 is 1. The van der Waals surface area contributed by atoms with Crippen LogP contribution < -0.4 is 0 Å². The Bertz CT molecular complexity index is 363. The third-order valence-corrected chi connectivity index (χ3v) is 3.01. The highest BCUT2D eigenvalue weighted by molar-refractivity contribution is 9.08. The Morgan fingerprint density at radius 1 is 1.57 bits per heavy atom. The maximum atomic E-state index is 11.2. The summed E-state index contributed by atoms with van der Waals surface area (Å²) < 4.78 is 4.62. The number of hydrogen-bond acceptors (Lipinski definition) is 2. The van der Waals surface area contributed by atoms with E-state index in [0.29, 0.717) is 15.9 Å². The number of carbonyl (C=O) groups is 1. The fourth-order valence-corrected chi connectivity index (χ4v) is 1.93. The normalized spacial score (nSPS) is 10.0. The zero-order valence-electron chi connectivity index (χ0n) is 7.93. The summed E-state index contributed by atoms with van der Waals surface area (Å²) in [6.07, 6.45) is 0. The quantitative estimate of drug-likeness (QED) is 0.612. The molecule has 76 valence electrons. The predicted octanol–water partition coefficient (Wildman–Crippen LogP) is 3.33. The van der Waals surface area contributed by atoms with Crippen LogP contribution in [0.25, 0.3) is 0 Å². The molecule has 0 heterocycles. The average molecular weight is 278 g/mol. The van der Waals surface area contributed by atoms with Gasteiger partial charge in [-0.1, -0.05) is 27.5 Å². The van der Waals surface area contributed by atoms with E-state index in [1.54, 1.807) is 12.1 Å². The van der Waals surface area contributed by atoms with E-state index in [2.05, 4.69) is 20.7 Å². The van der Waals surface area contributed by atoms with Crippen molar-refractivity contribution >= 4 is 33.5 Å².